The van der Waals surface area contributed by atoms with Crippen LogP contribution >= 0.6 is 7.82 Å². The molecule has 9 nitrogen and oxygen atoms in total. The molecule has 79 heavy (non-hydrogen) atoms. The van der Waals surface area contributed by atoms with Crippen LogP contribution in [0.5, 0.6) is 0 Å². The van der Waals surface area contributed by atoms with Crippen LogP contribution in [0.3, 0.4) is 0 Å². The minimum Gasteiger partial charge on any atom is -0.462 e. The Morgan fingerprint density at radius 2 is 0.658 bits per heavy atom. The summed E-state index contributed by atoms with van der Waals surface area (Å²) in [5.41, 5.74) is 5.37. The van der Waals surface area contributed by atoms with E-state index in [-0.39, 0.29) is 32.6 Å². The normalized spacial score (nSPS) is 14.3. The van der Waals surface area contributed by atoms with E-state index in [1.165, 1.54) is 19.3 Å². The first-order valence-electron chi connectivity index (χ1n) is 30.3. The van der Waals surface area contributed by atoms with Crippen LogP contribution in [0, 0.1) is 0 Å². The number of ether oxygens (including phenoxy) is 2. The van der Waals surface area contributed by atoms with E-state index < -0.39 is 32.5 Å². The van der Waals surface area contributed by atoms with Crippen LogP contribution in [0.25, 0.3) is 0 Å². The van der Waals surface area contributed by atoms with Gasteiger partial charge >= 0.3 is 19.8 Å². The maximum absolute atomic E-state index is 12.7. The topological polar surface area (TPSA) is 134 Å². The Morgan fingerprint density at radius 3 is 0.975 bits per heavy atom. The lowest BCUT2D eigenvalue weighted by molar-refractivity contribution is -0.161. The Bertz CT molecular complexity index is 1940. The molecule has 0 fully saturated rings. The summed E-state index contributed by atoms with van der Waals surface area (Å²) in [5.74, 6) is -0.884. The van der Waals surface area contributed by atoms with Crippen LogP contribution in [-0.2, 0) is 32.7 Å². The van der Waals surface area contributed by atoms with Gasteiger partial charge in [-0.15, -0.1) is 0 Å². The zero-order valence-electron chi connectivity index (χ0n) is 49.3. The molecule has 0 spiro atoms. The second-order valence-electron chi connectivity index (χ2n) is 19.1. The van der Waals surface area contributed by atoms with E-state index in [1.807, 2.05) is 0 Å². The van der Waals surface area contributed by atoms with Crippen LogP contribution in [0.1, 0.15) is 206 Å². The Balaban J connectivity index is 4.08. The van der Waals surface area contributed by atoms with Crippen molar-refractivity contribution < 1.29 is 37.6 Å². The third-order valence-corrected chi connectivity index (χ3v) is 12.8. The van der Waals surface area contributed by atoms with Crippen molar-refractivity contribution in [3.63, 3.8) is 0 Å². The molecular formula is C69H108NO8P. The number of carbonyl (C=O) groups excluding carboxylic acids is 2. The first-order chi connectivity index (χ1) is 38.8. The third-order valence-electron chi connectivity index (χ3n) is 11.8. The van der Waals surface area contributed by atoms with Crippen molar-refractivity contribution in [3.05, 3.63) is 182 Å². The second kappa shape index (κ2) is 62.3. The maximum Gasteiger partial charge on any atom is 0.472 e. The van der Waals surface area contributed by atoms with Crippen molar-refractivity contribution in [1.82, 2.24) is 0 Å². The summed E-state index contributed by atoms with van der Waals surface area (Å²) in [6, 6.07) is 0. The van der Waals surface area contributed by atoms with E-state index >= 15 is 0 Å². The van der Waals surface area contributed by atoms with Crippen LogP contribution in [0.2, 0.25) is 0 Å². The number of unbranched alkanes of at least 4 members (excludes halogenated alkanes) is 11. The van der Waals surface area contributed by atoms with Crippen LogP contribution in [0.15, 0.2) is 182 Å². The lowest BCUT2D eigenvalue weighted by Gasteiger charge is -2.19. The van der Waals surface area contributed by atoms with E-state index in [9.17, 15) is 19.0 Å². The predicted octanol–water partition coefficient (Wildman–Crippen LogP) is 19.6. The Kier molecular flexibility index (Phi) is 58.5. The van der Waals surface area contributed by atoms with Crippen LogP contribution in [-0.4, -0.2) is 49.3 Å². The van der Waals surface area contributed by atoms with Crippen LogP contribution in [0.4, 0.5) is 0 Å². The minimum atomic E-state index is -4.41. The van der Waals surface area contributed by atoms with Gasteiger partial charge in [0.15, 0.2) is 6.10 Å². The quantitative estimate of drug-likeness (QED) is 0.0264. The number of phosphoric ester groups is 1. The van der Waals surface area contributed by atoms with Gasteiger partial charge in [-0.3, -0.25) is 18.6 Å². The molecule has 442 valence electrons. The van der Waals surface area contributed by atoms with Gasteiger partial charge in [0.2, 0.25) is 0 Å². The molecule has 10 heteroatoms. The summed E-state index contributed by atoms with van der Waals surface area (Å²) in [6.07, 6.45) is 93.8. The smallest absolute Gasteiger partial charge is 0.462 e. The van der Waals surface area contributed by atoms with Gasteiger partial charge in [0.25, 0.3) is 0 Å². The fourth-order valence-electron chi connectivity index (χ4n) is 7.39. The van der Waals surface area contributed by atoms with E-state index in [1.54, 1.807) is 0 Å². The van der Waals surface area contributed by atoms with Crippen molar-refractivity contribution >= 4 is 19.8 Å². The number of allylic oxidation sites excluding steroid dienone is 30. The number of esters is 2. The molecule has 0 saturated carbocycles. The minimum absolute atomic E-state index is 0.0374. The number of phosphoric acid groups is 1. The number of nitrogens with two attached hydrogens (primary N) is 1. The van der Waals surface area contributed by atoms with Gasteiger partial charge in [-0.05, 0) is 135 Å². The largest absolute Gasteiger partial charge is 0.472 e. The summed E-state index contributed by atoms with van der Waals surface area (Å²) in [5, 5.41) is 0. The molecule has 0 saturated heterocycles. The molecule has 0 radical (unpaired) electrons. The summed E-state index contributed by atoms with van der Waals surface area (Å²) >= 11 is 0. The van der Waals surface area contributed by atoms with Crippen molar-refractivity contribution in [1.29, 1.82) is 0 Å². The average molecular weight is 1110 g/mol. The van der Waals surface area contributed by atoms with Crippen molar-refractivity contribution in [2.24, 2.45) is 5.73 Å². The molecule has 2 unspecified atom stereocenters. The Labute approximate surface area is 482 Å². The molecule has 0 amide bonds. The SMILES string of the molecule is CC/C=C\C/C=C\C/C=C\C/C=C\C/C=C\C/C=C\C/C=C\C/C=C\C/C=C\C/C=C\C/C=C\C/C=C\CCCCCCC(=O)OC(COC(=O)CCCCCCCCC/C=C\C/C=C\C/C=C\CC)COP(=O)(O)OCCN. The van der Waals surface area contributed by atoms with Crippen molar-refractivity contribution in [3.8, 4) is 0 Å². The molecule has 0 aromatic heterocycles. The number of carbonyl (C=O) groups is 2. The predicted molar refractivity (Wildman–Crippen MR) is 339 cm³/mol. The lowest BCUT2D eigenvalue weighted by atomic mass is 10.1. The fourth-order valence-corrected chi connectivity index (χ4v) is 8.16. The molecule has 3 N–H and O–H groups in total. The highest BCUT2D eigenvalue weighted by molar-refractivity contribution is 7.47. The molecule has 0 bridgehead atoms. The van der Waals surface area contributed by atoms with Crippen molar-refractivity contribution in [2.75, 3.05) is 26.4 Å². The molecule has 0 aromatic carbocycles. The van der Waals surface area contributed by atoms with E-state index in [0.29, 0.717) is 12.8 Å². The lowest BCUT2D eigenvalue weighted by Crippen LogP contribution is -2.29. The average Bonchev–Trinajstić information content (AvgIpc) is 3.44. The first kappa shape index (κ1) is 74.1. The fraction of sp³-hybridized carbons (Fsp3) is 0.536. The standard InChI is InChI=1S/C69H108NO8P/c1-3-5-7-9-11-13-15-17-19-21-22-23-24-25-26-27-28-29-30-31-32-33-34-35-36-37-38-39-40-41-42-43-44-46-48-50-52-54-56-58-60-62-69(72)78-67(66-77-79(73,74)76-64-63-70)65-75-68(71)61-59-57-55-53-51-49-47-45-20-18-16-14-12-10-8-6-4-2/h5-8,11-14,17-20,22-23,25-26,28-29,31-32,34-35,37-38,40-41,43-44,48,50,67H,3-4,9-10,15-16,21,24,27,30,33,36,39,42,45-47,49,51-66,70H2,1-2H3,(H,73,74)/b7-5-,8-6-,13-11-,14-12-,19-17-,20-18-,23-22-,26-25-,29-28-,32-31-,35-34-,38-37-,41-40-,44-43-,50-48-. The van der Waals surface area contributed by atoms with Gasteiger partial charge in [0.05, 0.1) is 13.2 Å². The zero-order chi connectivity index (χ0) is 57.3. The number of hydrogen-bond acceptors (Lipinski definition) is 8. The van der Waals surface area contributed by atoms with Gasteiger partial charge < -0.3 is 20.1 Å². The monoisotopic (exact) mass is 1110 g/mol. The molecule has 0 aromatic rings. The first-order valence-corrected chi connectivity index (χ1v) is 31.8. The Hall–Kier alpha value is -4.89. The highest BCUT2D eigenvalue weighted by atomic mass is 31.2. The molecule has 0 aliphatic rings. The summed E-state index contributed by atoms with van der Waals surface area (Å²) in [6.45, 7) is 3.44. The van der Waals surface area contributed by atoms with E-state index in [4.69, 9.17) is 24.3 Å². The maximum atomic E-state index is 12.7. The van der Waals surface area contributed by atoms with Gasteiger partial charge in [0.1, 0.15) is 6.61 Å². The molecule has 0 heterocycles. The van der Waals surface area contributed by atoms with E-state index in [0.717, 1.165) is 148 Å². The molecule has 0 aliphatic heterocycles. The second-order valence-corrected chi connectivity index (χ2v) is 20.6. The highest BCUT2D eigenvalue weighted by Gasteiger charge is 2.26. The molecular weight excluding hydrogens is 1000 g/mol. The van der Waals surface area contributed by atoms with Gasteiger partial charge in [-0.25, -0.2) is 4.57 Å². The van der Waals surface area contributed by atoms with Gasteiger partial charge in [-0.1, -0.05) is 241 Å². The summed E-state index contributed by atoms with van der Waals surface area (Å²) < 4.78 is 33.0. The third kappa shape index (κ3) is 62.2. The highest BCUT2D eigenvalue weighted by Crippen LogP contribution is 2.43. The molecule has 2 atom stereocenters. The van der Waals surface area contributed by atoms with E-state index in [2.05, 4.69) is 196 Å². The Morgan fingerprint density at radius 1 is 0.380 bits per heavy atom. The van der Waals surface area contributed by atoms with Gasteiger partial charge in [-0.2, -0.15) is 0 Å². The number of rotatable bonds is 54. The molecule has 0 aliphatic carbocycles. The zero-order valence-corrected chi connectivity index (χ0v) is 50.2. The van der Waals surface area contributed by atoms with Crippen molar-refractivity contribution in [2.45, 2.75) is 213 Å². The summed E-state index contributed by atoms with van der Waals surface area (Å²) in [7, 11) is -4.41. The van der Waals surface area contributed by atoms with Crippen LogP contribution < -0.4 is 5.73 Å². The summed E-state index contributed by atoms with van der Waals surface area (Å²) in [4.78, 5) is 35.2. The number of hydrogen-bond donors (Lipinski definition) is 2. The molecule has 0 rings (SSSR count). The van der Waals surface area contributed by atoms with Gasteiger partial charge in [0, 0.05) is 19.4 Å².